The van der Waals surface area contributed by atoms with Crippen LogP contribution in [0.15, 0.2) is 29.4 Å². The van der Waals surface area contributed by atoms with E-state index in [-0.39, 0.29) is 17.0 Å². The zero-order valence-corrected chi connectivity index (χ0v) is 15.2. The second kappa shape index (κ2) is 5.24. The summed E-state index contributed by atoms with van der Waals surface area (Å²) in [6.45, 7) is 3.10. The quantitative estimate of drug-likeness (QED) is 0.627. The second-order valence-corrected chi connectivity index (χ2v) is 8.68. The van der Waals surface area contributed by atoms with Crippen molar-refractivity contribution in [3.8, 4) is 0 Å². The number of sulfonamides is 1. The van der Waals surface area contributed by atoms with Crippen LogP contribution in [0.5, 0.6) is 0 Å². The van der Waals surface area contributed by atoms with Crippen molar-refractivity contribution in [2.24, 2.45) is 7.05 Å². The molecule has 3 saturated heterocycles. The minimum Gasteiger partial charge on any atom is -0.352 e. The van der Waals surface area contributed by atoms with Gasteiger partial charge in [-0.3, -0.25) is 4.68 Å². The Labute approximate surface area is 150 Å². The zero-order chi connectivity index (χ0) is 18.1. The van der Waals surface area contributed by atoms with Crippen molar-refractivity contribution in [2.75, 3.05) is 18.0 Å². The van der Waals surface area contributed by atoms with Gasteiger partial charge >= 0.3 is 0 Å². The zero-order valence-electron chi connectivity index (χ0n) is 14.4. The molecule has 3 fully saturated rings. The Balaban J connectivity index is 1.41. The number of rotatable bonds is 3. The molecule has 3 aromatic rings. The predicted molar refractivity (Wildman–Crippen MR) is 92.2 cm³/mol. The van der Waals surface area contributed by atoms with Crippen LogP contribution in [0.3, 0.4) is 0 Å². The minimum absolute atomic E-state index is 0.0431. The van der Waals surface area contributed by atoms with Gasteiger partial charge in [-0.1, -0.05) is 0 Å². The number of piperidine rings is 1. The Bertz CT molecular complexity index is 1090. The van der Waals surface area contributed by atoms with E-state index >= 15 is 0 Å². The number of aromatic nitrogens is 6. The highest BCUT2D eigenvalue weighted by Gasteiger charge is 2.51. The number of anilines is 1. The van der Waals surface area contributed by atoms with E-state index in [1.54, 1.807) is 22.1 Å². The van der Waals surface area contributed by atoms with Crippen molar-refractivity contribution in [2.45, 2.75) is 30.3 Å². The van der Waals surface area contributed by atoms with Crippen LogP contribution in [-0.2, 0) is 17.1 Å². The van der Waals surface area contributed by atoms with Crippen molar-refractivity contribution in [3.05, 3.63) is 30.4 Å². The van der Waals surface area contributed by atoms with Crippen molar-refractivity contribution < 1.29 is 8.42 Å². The van der Waals surface area contributed by atoms with Gasteiger partial charge in [-0.15, -0.1) is 15.3 Å². The van der Waals surface area contributed by atoms with Crippen LogP contribution >= 0.6 is 0 Å². The lowest BCUT2D eigenvalue weighted by Crippen LogP contribution is -2.70. The highest BCUT2D eigenvalue weighted by molar-refractivity contribution is 7.89. The van der Waals surface area contributed by atoms with Gasteiger partial charge in [-0.25, -0.2) is 8.42 Å². The van der Waals surface area contributed by atoms with Gasteiger partial charge in [0.05, 0.1) is 6.20 Å². The fourth-order valence-corrected chi connectivity index (χ4v) is 5.66. The fourth-order valence-electron chi connectivity index (χ4n) is 3.86. The molecule has 10 nitrogen and oxygen atoms in total. The van der Waals surface area contributed by atoms with E-state index in [0.717, 1.165) is 18.1 Å². The first-order valence-corrected chi connectivity index (χ1v) is 9.84. The summed E-state index contributed by atoms with van der Waals surface area (Å²) in [5, 5.41) is 16.7. The lowest BCUT2D eigenvalue weighted by Gasteiger charge is -2.55. The maximum atomic E-state index is 12.9. The molecule has 0 saturated carbocycles. The van der Waals surface area contributed by atoms with Crippen LogP contribution < -0.4 is 4.90 Å². The second-order valence-electron chi connectivity index (χ2n) is 6.84. The van der Waals surface area contributed by atoms with Gasteiger partial charge in [0, 0.05) is 38.4 Å². The van der Waals surface area contributed by atoms with Crippen LogP contribution in [0.1, 0.15) is 12.2 Å². The summed E-state index contributed by atoms with van der Waals surface area (Å²) in [6, 6.07) is 3.71. The largest absolute Gasteiger partial charge is 0.352 e. The average molecular weight is 374 g/mol. The highest BCUT2D eigenvalue weighted by Crippen LogP contribution is 2.38. The van der Waals surface area contributed by atoms with Crippen molar-refractivity contribution in [3.63, 3.8) is 0 Å². The molecule has 6 heterocycles. The Morgan fingerprint density at radius 1 is 1.15 bits per heavy atom. The maximum Gasteiger partial charge on any atom is 0.246 e. The molecule has 2 atom stereocenters. The third kappa shape index (κ3) is 2.16. The third-order valence-corrected chi connectivity index (χ3v) is 7.07. The first-order valence-electron chi connectivity index (χ1n) is 8.40. The summed E-state index contributed by atoms with van der Waals surface area (Å²) in [4.78, 5) is 2.38. The predicted octanol–water partition coefficient (Wildman–Crippen LogP) is -0.182. The summed E-state index contributed by atoms with van der Waals surface area (Å²) in [6.07, 6.45) is 3.83. The number of hydrogen-bond donors (Lipinski definition) is 0. The molecule has 3 aromatic heterocycles. The molecule has 2 bridgehead atoms. The van der Waals surface area contributed by atoms with Gasteiger partial charge < -0.3 is 4.90 Å². The number of fused-ring (bicyclic) bond motifs is 3. The number of aryl methyl sites for hydroxylation is 2. The standard InChI is InChI=1S/C15H18N8O2S/c1-10-17-18-14-3-4-15(19-22(10)14)21-7-11-5-12(8-21)23(11)26(24,25)13-6-16-20(2)9-13/h3-4,6,9,11-12H,5,7-8H2,1-2H3. The molecule has 2 unspecified atom stereocenters. The van der Waals surface area contributed by atoms with Gasteiger partial charge in [-0.05, 0) is 25.5 Å². The molecule has 3 aliphatic rings. The molecular formula is C15H18N8O2S. The Kier molecular flexibility index (Phi) is 3.16. The van der Waals surface area contributed by atoms with Gasteiger partial charge in [-0.2, -0.15) is 13.9 Å². The summed E-state index contributed by atoms with van der Waals surface area (Å²) in [7, 11) is -1.79. The molecule has 0 amide bonds. The molecule has 136 valence electrons. The summed E-state index contributed by atoms with van der Waals surface area (Å²) in [5.41, 5.74) is 0.703. The van der Waals surface area contributed by atoms with E-state index in [2.05, 4.69) is 25.3 Å². The fraction of sp³-hybridized carbons (Fsp3) is 0.467. The average Bonchev–Trinajstić information content (AvgIpc) is 3.21. The van der Waals surface area contributed by atoms with E-state index < -0.39 is 10.0 Å². The maximum absolute atomic E-state index is 12.9. The molecule has 11 heteroatoms. The van der Waals surface area contributed by atoms with Crippen molar-refractivity contribution in [1.29, 1.82) is 0 Å². The Morgan fingerprint density at radius 3 is 2.62 bits per heavy atom. The van der Waals surface area contributed by atoms with Gasteiger partial charge in [0.25, 0.3) is 0 Å². The van der Waals surface area contributed by atoms with Crippen molar-refractivity contribution in [1.82, 2.24) is 33.9 Å². The molecule has 0 spiro atoms. The lowest BCUT2D eigenvalue weighted by atomic mass is 9.91. The molecule has 3 aliphatic heterocycles. The van der Waals surface area contributed by atoms with Gasteiger partial charge in [0.1, 0.15) is 10.7 Å². The number of hydrogen-bond acceptors (Lipinski definition) is 7. The topological polar surface area (TPSA) is 102 Å². The Morgan fingerprint density at radius 2 is 1.92 bits per heavy atom. The molecular weight excluding hydrogens is 356 g/mol. The summed E-state index contributed by atoms with van der Waals surface area (Å²) in [5.74, 6) is 1.54. The third-order valence-electron chi connectivity index (χ3n) is 5.11. The molecule has 26 heavy (non-hydrogen) atoms. The minimum atomic E-state index is -3.50. The van der Waals surface area contributed by atoms with E-state index in [0.29, 0.717) is 18.7 Å². The van der Waals surface area contributed by atoms with Crippen molar-refractivity contribution >= 4 is 21.5 Å². The molecule has 6 rings (SSSR count). The summed E-state index contributed by atoms with van der Waals surface area (Å²) < 4.78 is 30.6. The molecule has 0 radical (unpaired) electrons. The molecule has 0 aliphatic carbocycles. The van der Waals surface area contributed by atoms with E-state index in [9.17, 15) is 8.42 Å². The molecule has 0 aromatic carbocycles. The highest BCUT2D eigenvalue weighted by atomic mass is 32.2. The van der Waals surface area contributed by atoms with Crippen LogP contribution in [0, 0.1) is 6.92 Å². The number of nitrogens with zero attached hydrogens (tertiary/aromatic N) is 8. The molecule has 0 N–H and O–H groups in total. The smallest absolute Gasteiger partial charge is 0.246 e. The van der Waals surface area contributed by atoms with E-state index in [1.165, 1.54) is 10.9 Å². The SMILES string of the molecule is Cc1nnc2ccc(N3CC4CC(C3)N4S(=O)(=O)c3cnn(C)c3)nn12. The van der Waals surface area contributed by atoms with Crippen LogP contribution in [0.25, 0.3) is 5.65 Å². The summed E-state index contributed by atoms with van der Waals surface area (Å²) >= 11 is 0. The van der Waals surface area contributed by atoms with Gasteiger partial charge in [0.2, 0.25) is 10.0 Å². The monoisotopic (exact) mass is 374 g/mol. The number of piperazine rings is 1. The Hall–Kier alpha value is -2.53. The lowest BCUT2D eigenvalue weighted by molar-refractivity contribution is 0.0873. The first-order chi connectivity index (χ1) is 12.4. The normalized spacial score (nSPS) is 23.4. The van der Waals surface area contributed by atoms with Gasteiger partial charge in [0.15, 0.2) is 11.5 Å². The van der Waals surface area contributed by atoms with Crippen LogP contribution in [0.2, 0.25) is 0 Å². The van der Waals surface area contributed by atoms with E-state index in [1.807, 2.05) is 19.1 Å². The van der Waals surface area contributed by atoms with Crippen LogP contribution in [-0.4, -0.2) is 67.5 Å². The van der Waals surface area contributed by atoms with Crippen LogP contribution in [0.4, 0.5) is 5.82 Å². The first kappa shape index (κ1) is 15.7. The van der Waals surface area contributed by atoms with E-state index in [4.69, 9.17) is 0 Å².